The van der Waals surface area contributed by atoms with Crippen molar-refractivity contribution in [2.75, 3.05) is 18.4 Å². The highest BCUT2D eigenvalue weighted by molar-refractivity contribution is 5.54. The average molecular weight is 276 g/mol. The molecular formula is C17H25FN2. The molecule has 0 spiro atoms. The first-order chi connectivity index (χ1) is 9.35. The second-order valence-corrected chi connectivity index (χ2v) is 6.38. The summed E-state index contributed by atoms with van der Waals surface area (Å²) in [6, 6.07) is 8.64. The highest BCUT2D eigenvalue weighted by Gasteiger charge is 2.26. The molecule has 1 aliphatic rings. The number of alkyl halides is 1. The molecule has 0 unspecified atom stereocenters. The highest BCUT2D eigenvalue weighted by atomic mass is 19.1. The van der Waals surface area contributed by atoms with E-state index in [4.69, 9.17) is 0 Å². The number of rotatable bonds is 4. The molecule has 2 nitrogen and oxygen atoms in total. The molecule has 2 rings (SSSR count). The highest BCUT2D eigenvalue weighted by Crippen LogP contribution is 2.23. The van der Waals surface area contributed by atoms with Crippen molar-refractivity contribution in [1.82, 2.24) is 4.90 Å². The molecule has 1 aromatic carbocycles. The minimum atomic E-state index is -1.15. The predicted octanol–water partition coefficient (Wildman–Crippen LogP) is 4.13. The van der Waals surface area contributed by atoms with E-state index in [-0.39, 0.29) is 0 Å². The Morgan fingerprint density at radius 1 is 1.35 bits per heavy atom. The lowest BCUT2D eigenvalue weighted by Crippen LogP contribution is -2.45. The summed E-state index contributed by atoms with van der Waals surface area (Å²) in [5.74, 6) is 0. The van der Waals surface area contributed by atoms with E-state index < -0.39 is 5.67 Å². The second-order valence-electron chi connectivity index (χ2n) is 6.38. The Bertz CT molecular complexity index is 488. The van der Waals surface area contributed by atoms with Crippen LogP contribution in [0.4, 0.5) is 10.1 Å². The zero-order chi connectivity index (χ0) is 14.8. The fraction of sp³-hybridized carbons (Fsp3) is 0.529. The topological polar surface area (TPSA) is 15.3 Å². The van der Waals surface area contributed by atoms with Crippen LogP contribution in [0.1, 0.15) is 32.8 Å². The van der Waals surface area contributed by atoms with Crippen LogP contribution in [0.3, 0.4) is 0 Å². The lowest BCUT2D eigenvalue weighted by molar-refractivity contribution is 0.102. The molecule has 1 aliphatic heterocycles. The van der Waals surface area contributed by atoms with Crippen LogP contribution in [0.5, 0.6) is 0 Å². The van der Waals surface area contributed by atoms with Gasteiger partial charge >= 0.3 is 0 Å². The van der Waals surface area contributed by atoms with E-state index in [1.54, 1.807) is 13.8 Å². The first kappa shape index (κ1) is 15.0. The fourth-order valence-corrected chi connectivity index (χ4v) is 2.57. The largest absolute Gasteiger partial charge is 0.358 e. The van der Waals surface area contributed by atoms with E-state index in [0.29, 0.717) is 12.6 Å². The van der Waals surface area contributed by atoms with Crippen LogP contribution < -0.4 is 5.32 Å². The van der Waals surface area contributed by atoms with Crippen LogP contribution in [-0.2, 0) is 0 Å². The van der Waals surface area contributed by atoms with Gasteiger partial charge in [0.1, 0.15) is 5.67 Å². The molecule has 3 heteroatoms. The summed E-state index contributed by atoms with van der Waals surface area (Å²) in [4.78, 5) is 2.21. The van der Waals surface area contributed by atoms with Crippen LogP contribution in [0.25, 0.3) is 0 Å². The minimum absolute atomic E-state index is 0.396. The Labute approximate surface area is 121 Å². The molecule has 0 aliphatic carbocycles. The average Bonchev–Trinajstić information content (AvgIpc) is 2.34. The van der Waals surface area contributed by atoms with E-state index in [9.17, 15) is 4.39 Å². The normalized spacial score (nSPS) is 20.6. The number of anilines is 1. The van der Waals surface area contributed by atoms with Gasteiger partial charge in [0.25, 0.3) is 0 Å². The van der Waals surface area contributed by atoms with E-state index in [0.717, 1.165) is 18.7 Å². The Morgan fingerprint density at radius 3 is 2.70 bits per heavy atom. The smallest absolute Gasteiger partial charge is 0.118 e. The first-order valence-electron chi connectivity index (χ1n) is 7.30. The number of hydrogen-bond acceptors (Lipinski definition) is 2. The Morgan fingerprint density at radius 2 is 2.05 bits per heavy atom. The van der Waals surface area contributed by atoms with Crippen LogP contribution in [0.2, 0.25) is 0 Å². The molecule has 0 amide bonds. The molecular weight excluding hydrogens is 251 g/mol. The standard InChI is InChI=1S/C17H25FN2/c1-13-7-5-6-8-16(13)19-15-10-9-14(2)20(11-15)12-17(3,4)18/h5-8,10,14,19H,9,11-12H2,1-4H3/t14-/m1/s1. The number of nitrogens with zero attached hydrogens (tertiary/aromatic N) is 1. The molecule has 1 aromatic rings. The summed E-state index contributed by atoms with van der Waals surface area (Å²) < 4.78 is 13.9. The maximum Gasteiger partial charge on any atom is 0.118 e. The van der Waals surface area contributed by atoms with E-state index in [1.807, 2.05) is 12.1 Å². The number of halogens is 1. The Hall–Kier alpha value is -1.35. The third kappa shape index (κ3) is 4.07. The number of para-hydroxylation sites is 1. The number of aryl methyl sites for hydroxylation is 1. The van der Waals surface area contributed by atoms with Gasteiger partial charge in [-0.15, -0.1) is 0 Å². The maximum absolute atomic E-state index is 13.9. The maximum atomic E-state index is 13.9. The number of hydrogen-bond donors (Lipinski definition) is 1. The monoisotopic (exact) mass is 276 g/mol. The van der Waals surface area contributed by atoms with Crippen molar-refractivity contribution in [1.29, 1.82) is 0 Å². The van der Waals surface area contributed by atoms with Crippen molar-refractivity contribution in [2.24, 2.45) is 0 Å². The van der Waals surface area contributed by atoms with Crippen molar-refractivity contribution in [2.45, 2.75) is 45.8 Å². The van der Waals surface area contributed by atoms with Gasteiger partial charge < -0.3 is 5.32 Å². The van der Waals surface area contributed by atoms with Gasteiger partial charge in [-0.05, 0) is 45.7 Å². The van der Waals surface area contributed by atoms with Crippen LogP contribution >= 0.6 is 0 Å². The van der Waals surface area contributed by atoms with Crippen LogP contribution in [0, 0.1) is 6.92 Å². The quantitative estimate of drug-likeness (QED) is 0.889. The van der Waals surface area contributed by atoms with Gasteiger partial charge in [0.2, 0.25) is 0 Å². The van der Waals surface area contributed by atoms with E-state index >= 15 is 0 Å². The number of nitrogens with one attached hydrogen (secondary N) is 1. The third-order valence-corrected chi connectivity index (χ3v) is 3.72. The summed E-state index contributed by atoms with van der Waals surface area (Å²) in [5, 5.41) is 3.48. The molecule has 1 N–H and O–H groups in total. The summed E-state index contributed by atoms with van der Waals surface area (Å²) in [5.41, 5.74) is 2.37. The summed E-state index contributed by atoms with van der Waals surface area (Å²) in [6.07, 6.45) is 3.20. The Kier molecular flexibility index (Phi) is 4.48. The summed E-state index contributed by atoms with van der Waals surface area (Å²) >= 11 is 0. The van der Waals surface area contributed by atoms with Crippen molar-refractivity contribution >= 4 is 5.69 Å². The van der Waals surface area contributed by atoms with Gasteiger partial charge in [0.15, 0.2) is 0 Å². The SMILES string of the molecule is Cc1ccccc1NC1=CC[C@@H](C)N(CC(C)(C)F)C1. The predicted molar refractivity (Wildman–Crippen MR) is 83.7 cm³/mol. The van der Waals surface area contributed by atoms with Crippen molar-refractivity contribution in [3.63, 3.8) is 0 Å². The van der Waals surface area contributed by atoms with Crippen LogP contribution in [0.15, 0.2) is 36.0 Å². The molecule has 20 heavy (non-hydrogen) atoms. The van der Waals surface area contributed by atoms with Gasteiger partial charge in [-0.2, -0.15) is 0 Å². The van der Waals surface area contributed by atoms with Gasteiger partial charge in [-0.1, -0.05) is 24.3 Å². The molecule has 0 aromatic heterocycles. The van der Waals surface area contributed by atoms with Crippen molar-refractivity contribution < 1.29 is 4.39 Å². The molecule has 0 bridgehead atoms. The molecule has 1 heterocycles. The Balaban J connectivity index is 2.05. The lowest BCUT2D eigenvalue weighted by atomic mass is 10.0. The molecule has 0 saturated heterocycles. The second kappa shape index (κ2) is 5.96. The molecule has 1 atom stereocenters. The van der Waals surface area contributed by atoms with Gasteiger partial charge in [-0.25, -0.2) is 4.39 Å². The van der Waals surface area contributed by atoms with Gasteiger partial charge in [0.05, 0.1) is 0 Å². The molecule has 0 radical (unpaired) electrons. The molecule has 0 fully saturated rings. The van der Waals surface area contributed by atoms with E-state index in [2.05, 4.69) is 42.3 Å². The molecule has 110 valence electrons. The van der Waals surface area contributed by atoms with Crippen LogP contribution in [-0.4, -0.2) is 29.7 Å². The summed E-state index contributed by atoms with van der Waals surface area (Å²) in [7, 11) is 0. The fourth-order valence-electron chi connectivity index (χ4n) is 2.57. The van der Waals surface area contributed by atoms with E-state index in [1.165, 1.54) is 11.3 Å². The first-order valence-corrected chi connectivity index (χ1v) is 7.30. The zero-order valence-electron chi connectivity index (χ0n) is 12.9. The zero-order valence-corrected chi connectivity index (χ0v) is 12.9. The summed E-state index contributed by atoms with van der Waals surface area (Å²) in [6.45, 7) is 8.80. The van der Waals surface area contributed by atoms with Gasteiger partial charge in [-0.3, -0.25) is 4.90 Å². The molecule has 0 saturated carbocycles. The van der Waals surface area contributed by atoms with Gasteiger partial charge in [0, 0.05) is 30.5 Å². The van der Waals surface area contributed by atoms with Crippen molar-refractivity contribution in [3.8, 4) is 0 Å². The third-order valence-electron chi connectivity index (χ3n) is 3.72. The minimum Gasteiger partial charge on any atom is -0.358 e. The lowest BCUT2D eigenvalue weighted by Gasteiger charge is -2.36. The number of benzene rings is 1. The van der Waals surface area contributed by atoms with Crippen molar-refractivity contribution in [3.05, 3.63) is 41.6 Å².